The fraction of sp³-hybridized carbons (Fsp3) is 0.238. The molecule has 0 aliphatic rings. The van der Waals surface area contributed by atoms with Gasteiger partial charge < -0.3 is 9.47 Å². The van der Waals surface area contributed by atoms with Crippen LogP contribution in [0.3, 0.4) is 0 Å². The van der Waals surface area contributed by atoms with Crippen LogP contribution in [0.25, 0.3) is 0 Å². The van der Waals surface area contributed by atoms with E-state index in [1.165, 1.54) is 0 Å². The second-order valence-corrected chi connectivity index (χ2v) is 6.11. The smallest absolute Gasteiger partial charge is 0.249 e. The molecule has 0 aliphatic heterocycles. The fourth-order valence-electron chi connectivity index (χ4n) is 2.34. The monoisotopic (exact) mass is 396 g/mol. The van der Waals surface area contributed by atoms with Gasteiger partial charge in [-0.2, -0.15) is 10.2 Å². The van der Waals surface area contributed by atoms with Crippen LogP contribution in [0.1, 0.15) is 31.4 Å². The quantitative estimate of drug-likeness (QED) is 0.407. The van der Waals surface area contributed by atoms with Gasteiger partial charge >= 0.3 is 0 Å². The van der Waals surface area contributed by atoms with E-state index in [1.807, 2.05) is 36.4 Å². The number of amides is 2. The van der Waals surface area contributed by atoms with Crippen molar-refractivity contribution in [1.82, 2.24) is 10.9 Å². The Balaban J connectivity index is 1.88. The van der Waals surface area contributed by atoms with Gasteiger partial charge in [0, 0.05) is 11.1 Å². The predicted octanol–water partition coefficient (Wildman–Crippen LogP) is 2.47. The van der Waals surface area contributed by atoms with E-state index in [9.17, 15) is 9.59 Å². The summed E-state index contributed by atoms with van der Waals surface area (Å²) in [5.74, 6) is 0.289. The standard InChI is InChI=1S/C21H24N4O4/c1-14(16-7-5-9-18(11-16)28-3)22-24-20(26)13-21(27)25-23-15(2)17-8-6-10-19(12-17)29-4/h5-12H,13H2,1-4H3,(H,24,26)(H,25,27). The molecule has 0 atom stereocenters. The third-order valence-corrected chi connectivity index (χ3v) is 3.99. The zero-order valence-electron chi connectivity index (χ0n) is 16.9. The first kappa shape index (κ1) is 21.6. The summed E-state index contributed by atoms with van der Waals surface area (Å²) in [6.45, 7) is 3.49. The minimum absolute atomic E-state index is 0.399. The summed E-state index contributed by atoms with van der Waals surface area (Å²) >= 11 is 0. The van der Waals surface area contributed by atoms with Gasteiger partial charge in [-0.3, -0.25) is 9.59 Å². The summed E-state index contributed by atoms with van der Waals surface area (Å²) in [5.41, 5.74) is 7.50. The van der Waals surface area contributed by atoms with Crippen LogP contribution in [0.5, 0.6) is 11.5 Å². The van der Waals surface area contributed by atoms with Crippen molar-refractivity contribution in [2.24, 2.45) is 10.2 Å². The number of hydrogen-bond donors (Lipinski definition) is 2. The number of rotatable bonds is 8. The van der Waals surface area contributed by atoms with E-state index in [0.717, 1.165) is 11.1 Å². The lowest BCUT2D eigenvalue weighted by atomic mass is 10.1. The summed E-state index contributed by atoms with van der Waals surface area (Å²) in [6, 6.07) is 14.6. The van der Waals surface area contributed by atoms with Gasteiger partial charge in [-0.05, 0) is 38.1 Å². The lowest BCUT2D eigenvalue weighted by Crippen LogP contribution is -2.28. The lowest BCUT2D eigenvalue weighted by molar-refractivity contribution is -0.129. The molecule has 0 saturated carbocycles. The molecule has 2 amide bonds. The lowest BCUT2D eigenvalue weighted by Gasteiger charge is -2.06. The molecule has 0 heterocycles. The highest BCUT2D eigenvalue weighted by molar-refractivity contribution is 6.02. The Morgan fingerprint density at radius 1 is 0.793 bits per heavy atom. The highest BCUT2D eigenvalue weighted by Crippen LogP contribution is 2.14. The molecule has 0 aromatic heterocycles. The highest BCUT2D eigenvalue weighted by atomic mass is 16.5. The molecule has 2 aromatic rings. The van der Waals surface area contributed by atoms with Crippen molar-refractivity contribution in [2.45, 2.75) is 20.3 Å². The van der Waals surface area contributed by atoms with Crippen molar-refractivity contribution in [3.8, 4) is 11.5 Å². The zero-order valence-corrected chi connectivity index (χ0v) is 16.9. The average Bonchev–Trinajstić information content (AvgIpc) is 2.75. The number of nitrogens with zero attached hydrogens (tertiary/aromatic N) is 2. The van der Waals surface area contributed by atoms with Crippen LogP contribution in [0.2, 0.25) is 0 Å². The van der Waals surface area contributed by atoms with E-state index in [0.29, 0.717) is 22.9 Å². The topological polar surface area (TPSA) is 101 Å². The maximum absolute atomic E-state index is 11.9. The van der Waals surface area contributed by atoms with Crippen LogP contribution in [0, 0.1) is 0 Å². The Bertz CT molecular complexity index is 862. The Labute approximate surface area is 169 Å². The second kappa shape index (κ2) is 10.6. The van der Waals surface area contributed by atoms with E-state index in [2.05, 4.69) is 21.1 Å². The molecule has 0 fully saturated rings. The number of carbonyl (C=O) groups is 2. The van der Waals surface area contributed by atoms with E-state index >= 15 is 0 Å². The summed E-state index contributed by atoms with van der Waals surface area (Å²) in [6.07, 6.45) is -0.399. The van der Waals surface area contributed by atoms with Gasteiger partial charge in [0.05, 0.1) is 25.6 Å². The predicted molar refractivity (Wildman–Crippen MR) is 111 cm³/mol. The van der Waals surface area contributed by atoms with Crippen molar-refractivity contribution in [3.05, 3.63) is 59.7 Å². The minimum Gasteiger partial charge on any atom is -0.497 e. The van der Waals surface area contributed by atoms with Gasteiger partial charge in [0.15, 0.2) is 0 Å². The number of ether oxygens (including phenoxy) is 2. The normalized spacial score (nSPS) is 11.6. The Kier molecular flexibility index (Phi) is 7.90. The Morgan fingerprint density at radius 3 is 1.59 bits per heavy atom. The van der Waals surface area contributed by atoms with Crippen LogP contribution >= 0.6 is 0 Å². The number of hydrazone groups is 2. The van der Waals surface area contributed by atoms with E-state index < -0.39 is 18.2 Å². The molecular weight excluding hydrogens is 372 g/mol. The maximum Gasteiger partial charge on any atom is 0.249 e. The Hall–Kier alpha value is -3.68. The van der Waals surface area contributed by atoms with Crippen LogP contribution < -0.4 is 20.3 Å². The summed E-state index contributed by atoms with van der Waals surface area (Å²) in [5, 5.41) is 8.03. The summed E-state index contributed by atoms with van der Waals surface area (Å²) in [7, 11) is 3.15. The van der Waals surface area contributed by atoms with Gasteiger partial charge in [0.25, 0.3) is 0 Å². The van der Waals surface area contributed by atoms with E-state index in [4.69, 9.17) is 9.47 Å². The SMILES string of the molecule is COc1cccc(C(C)=NNC(=O)CC(=O)NN=C(C)c2cccc(OC)c2)c1. The molecule has 8 heteroatoms. The Morgan fingerprint density at radius 2 is 1.21 bits per heavy atom. The number of carbonyl (C=O) groups excluding carboxylic acids is 2. The molecule has 0 spiro atoms. The van der Waals surface area contributed by atoms with Gasteiger partial charge in [-0.1, -0.05) is 24.3 Å². The molecule has 0 saturated heterocycles. The molecule has 0 aliphatic carbocycles. The minimum atomic E-state index is -0.543. The van der Waals surface area contributed by atoms with Gasteiger partial charge in [-0.15, -0.1) is 0 Å². The average molecular weight is 396 g/mol. The van der Waals surface area contributed by atoms with Crippen LogP contribution in [-0.2, 0) is 9.59 Å². The van der Waals surface area contributed by atoms with Crippen molar-refractivity contribution in [2.75, 3.05) is 14.2 Å². The molecule has 152 valence electrons. The maximum atomic E-state index is 11.9. The first-order valence-electron chi connectivity index (χ1n) is 8.88. The van der Waals surface area contributed by atoms with Crippen LogP contribution in [0.4, 0.5) is 0 Å². The number of hydrogen-bond acceptors (Lipinski definition) is 6. The van der Waals surface area contributed by atoms with Crippen LogP contribution in [-0.4, -0.2) is 37.5 Å². The third-order valence-electron chi connectivity index (χ3n) is 3.99. The number of methoxy groups -OCH3 is 2. The van der Waals surface area contributed by atoms with Gasteiger partial charge in [-0.25, -0.2) is 10.9 Å². The van der Waals surface area contributed by atoms with E-state index in [1.54, 1.807) is 40.2 Å². The number of benzene rings is 2. The van der Waals surface area contributed by atoms with Gasteiger partial charge in [0.2, 0.25) is 11.8 Å². The number of nitrogens with one attached hydrogen (secondary N) is 2. The molecule has 8 nitrogen and oxygen atoms in total. The molecule has 2 N–H and O–H groups in total. The highest BCUT2D eigenvalue weighted by Gasteiger charge is 2.09. The van der Waals surface area contributed by atoms with E-state index in [-0.39, 0.29) is 0 Å². The summed E-state index contributed by atoms with van der Waals surface area (Å²) in [4.78, 5) is 23.9. The molecule has 0 bridgehead atoms. The zero-order chi connectivity index (χ0) is 21.2. The molecule has 2 rings (SSSR count). The molecule has 0 radical (unpaired) electrons. The molecule has 29 heavy (non-hydrogen) atoms. The molecule has 0 unspecified atom stereocenters. The molecular formula is C21H24N4O4. The molecule has 2 aromatic carbocycles. The largest absolute Gasteiger partial charge is 0.497 e. The summed E-state index contributed by atoms with van der Waals surface area (Å²) < 4.78 is 10.3. The second-order valence-electron chi connectivity index (χ2n) is 6.11. The van der Waals surface area contributed by atoms with Gasteiger partial charge in [0.1, 0.15) is 17.9 Å². The van der Waals surface area contributed by atoms with Crippen LogP contribution in [0.15, 0.2) is 58.7 Å². The first-order valence-corrected chi connectivity index (χ1v) is 8.88. The van der Waals surface area contributed by atoms with Crippen molar-refractivity contribution < 1.29 is 19.1 Å². The third kappa shape index (κ3) is 6.76. The first-order chi connectivity index (χ1) is 13.9. The van der Waals surface area contributed by atoms with Crippen molar-refractivity contribution in [1.29, 1.82) is 0 Å². The van der Waals surface area contributed by atoms with Crippen molar-refractivity contribution >= 4 is 23.2 Å². The van der Waals surface area contributed by atoms with Crippen molar-refractivity contribution in [3.63, 3.8) is 0 Å². The fourth-order valence-corrected chi connectivity index (χ4v) is 2.34.